The lowest BCUT2D eigenvalue weighted by molar-refractivity contribution is 0.672. The lowest BCUT2D eigenvalue weighted by Crippen LogP contribution is -2.16. The Labute approximate surface area is 125 Å². The molecule has 2 atom stereocenters. The first kappa shape index (κ1) is 16.4. The second kappa shape index (κ2) is 8.47. The van der Waals surface area contributed by atoms with Crippen LogP contribution in [0.5, 0.6) is 0 Å². The zero-order valence-corrected chi connectivity index (χ0v) is 14.0. The van der Waals surface area contributed by atoms with Gasteiger partial charge in [-0.25, -0.2) is 4.98 Å². The standard InChI is InChI=1S/C12H21BrN4OS/c1-4-6-15-12-16-8-10(13)11(17-12)14-7-5-9(2)19(3)18/h8-9H,4-7H2,1-3H3,(H2,14,15,16,17). The van der Waals surface area contributed by atoms with Crippen molar-refractivity contribution in [3.63, 3.8) is 0 Å². The van der Waals surface area contributed by atoms with Crippen molar-refractivity contribution in [2.24, 2.45) is 0 Å². The van der Waals surface area contributed by atoms with Crippen LogP contribution in [0.25, 0.3) is 0 Å². The summed E-state index contributed by atoms with van der Waals surface area (Å²) in [5.74, 6) is 1.39. The molecule has 0 spiro atoms. The van der Waals surface area contributed by atoms with Crippen molar-refractivity contribution in [3.8, 4) is 0 Å². The second-order valence-electron chi connectivity index (χ2n) is 4.34. The smallest absolute Gasteiger partial charge is 0.224 e. The van der Waals surface area contributed by atoms with Gasteiger partial charge in [0.05, 0.1) is 4.47 Å². The Morgan fingerprint density at radius 2 is 2.16 bits per heavy atom. The molecule has 0 aliphatic heterocycles. The maximum Gasteiger partial charge on any atom is 0.224 e. The molecule has 0 aliphatic carbocycles. The van der Waals surface area contributed by atoms with Crippen molar-refractivity contribution < 1.29 is 4.21 Å². The molecule has 1 aromatic rings. The van der Waals surface area contributed by atoms with Gasteiger partial charge in [-0.2, -0.15) is 4.98 Å². The molecule has 0 aliphatic rings. The molecule has 2 N–H and O–H groups in total. The van der Waals surface area contributed by atoms with Crippen molar-refractivity contribution in [3.05, 3.63) is 10.7 Å². The maximum atomic E-state index is 11.3. The highest BCUT2D eigenvalue weighted by atomic mass is 79.9. The summed E-state index contributed by atoms with van der Waals surface area (Å²) in [5.41, 5.74) is 0. The Balaban J connectivity index is 2.54. The number of halogens is 1. The predicted molar refractivity (Wildman–Crippen MR) is 85.1 cm³/mol. The molecular formula is C12H21BrN4OS. The van der Waals surface area contributed by atoms with Gasteiger partial charge in [-0.1, -0.05) is 13.8 Å². The van der Waals surface area contributed by atoms with Crippen LogP contribution in [0.2, 0.25) is 0 Å². The van der Waals surface area contributed by atoms with Gasteiger partial charge in [0.25, 0.3) is 0 Å². The molecule has 1 aromatic heterocycles. The van der Waals surface area contributed by atoms with E-state index < -0.39 is 10.8 Å². The van der Waals surface area contributed by atoms with E-state index in [4.69, 9.17) is 0 Å². The number of rotatable bonds is 8. The van der Waals surface area contributed by atoms with Crippen LogP contribution < -0.4 is 10.6 Å². The Morgan fingerprint density at radius 1 is 1.42 bits per heavy atom. The van der Waals surface area contributed by atoms with Crippen LogP contribution in [0.4, 0.5) is 11.8 Å². The maximum absolute atomic E-state index is 11.3. The van der Waals surface area contributed by atoms with E-state index >= 15 is 0 Å². The van der Waals surface area contributed by atoms with Gasteiger partial charge in [-0.3, -0.25) is 4.21 Å². The quantitative estimate of drug-likeness (QED) is 0.755. The van der Waals surface area contributed by atoms with Crippen molar-refractivity contribution in [1.29, 1.82) is 0 Å². The Morgan fingerprint density at radius 3 is 2.79 bits per heavy atom. The third kappa shape index (κ3) is 5.86. The first-order valence-electron chi connectivity index (χ1n) is 6.37. The molecule has 5 nitrogen and oxygen atoms in total. The van der Waals surface area contributed by atoms with Crippen LogP contribution >= 0.6 is 15.9 Å². The van der Waals surface area contributed by atoms with Gasteiger partial charge in [0, 0.05) is 41.6 Å². The van der Waals surface area contributed by atoms with Crippen molar-refractivity contribution in [2.75, 3.05) is 30.0 Å². The monoisotopic (exact) mass is 348 g/mol. The molecular weight excluding hydrogens is 328 g/mol. The highest BCUT2D eigenvalue weighted by molar-refractivity contribution is 9.10. The highest BCUT2D eigenvalue weighted by Crippen LogP contribution is 2.20. The first-order valence-corrected chi connectivity index (χ1v) is 8.78. The molecule has 0 saturated carbocycles. The van der Waals surface area contributed by atoms with E-state index in [2.05, 4.69) is 43.5 Å². The van der Waals surface area contributed by atoms with E-state index in [0.717, 1.165) is 36.2 Å². The zero-order valence-electron chi connectivity index (χ0n) is 11.6. The lowest BCUT2D eigenvalue weighted by Gasteiger charge is -2.12. The fourth-order valence-corrected chi connectivity index (χ4v) is 2.15. The van der Waals surface area contributed by atoms with Crippen LogP contribution in [0.1, 0.15) is 26.7 Å². The van der Waals surface area contributed by atoms with Crippen LogP contribution in [0.3, 0.4) is 0 Å². The van der Waals surface area contributed by atoms with Gasteiger partial charge in [-0.15, -0.1) is 0 Å². The average Bonchev–Trinajstić information content (AvgIpc) is 2.39. The third-order valence-electron chi connectivity index (χ3n) is 2.69. The fraction of sp³-hybridized carbons (Fsp3) is 0.667. The molecule has 1 rings (SSSR count). The van der Waals surface area contributed by atoms with E-state index in [1.807, 2.05) is 6.92 Å². The number of hydrogen-bond acceptors (Lipinski definition) is 5. The number of nitrogens with one attached hydrogen (secondary N) is 2. The molecule has 19 heavy (non-hydrogen) atoms. The number of nitrogens with zero attached hydrogens (tertiary/aromatic N) is 2. The van der Waals surface area contributed by atoms with Crippen LogP contribution in [0, 0.1) is 0 Å². The Kier molecular flexibility index (Phi) is 7.30. The largest absolute Gasteiger partial charge is 0.369 e. The highest BCUT2D eigenvalue weighted by Gasteiger charge is 2.08. The molecule has 0 radical (unpaired) electrons. The number of hydrogen-bond donors (Lipinski definition) is 2. The zero-order chi connectivity index (χ0) is 14.3. The molecule has 0 saturated heterocycles. The van der Waals surface area contributed by atoms with Gasteiger partial charge in [0.15, 0.2) is 0 Å². The fourth-order valence-electron chi connectivity index (χ4n) is 1.37. The molecule has 0 amide bonds. The Bertz CT molecular complexity index is 430. The van der Waals surface area contributed by atoms with Crippen LogP contribution in [-0.2, 0) is 10.8 Å². The van der Waals surface area contributed by atoms with Crippen LogP contribution in [-0.4, -0.2) is 38.8 Å². The summed E-state index contributed by atoms with van der Waals surface area (Å²) in [6.07, 6.45) is 5.34. The van der Waals surface area contributed by atoms with E-state index in [9.17, 15) is 4.21 Å². The van der Waals surface area contributed by atoms with Gasteiger partial charge in [0.1, 0.15) is 5.82 Å². The minimum Gasteiger partial charge on any atom is -0.369 e. The molecule has 108 valence electrons. The summed E-state index contributed by atoms with van der Waals surface area (Å²) in [6.45, 7) is 5.68. The summed E-state index contributed by atoms with van der Waals surface area (Å²) < 4.78 is 12.1. The van der Waals surface area contributed by atoms with E-state index in [-0.39, 0.29) is 5.25 Å². The third-order valence-corrected chi connectivity index (χ3v) is 4.64. The molecule has 7 heteroatoms. The minimum atomic E-state index is -0.779. The first-order chi connectivity index (χ1) is 9.04. The minimum absolute atomic E-state index is 0.186. The number of anilines is 2. The second-order valence-corrected chi connectivity index (χ2v) is 7.00. The van der Waals surface area contributed by atoms with Crippen molar-refractivity contribution >= 4 is 38.5 Å². The summed E-state index contributed by atoms with van der Waals surface area (Å²) in [7, 11) is -0.779. The average molecular weight is 349 g/mol. The summed E-state index contributed by atoms with van der Waals surface area (Å²) in [6, 6.07) is 0. The molecule has 2 unspecified atom stereocenters. The Hall–Kier alpha value is -0.690. The lowest BCUT2D eigenvalue weighted by atomic mass is 10.3. The summed E-state index contributed by atoms with van der Waals surface area (Å²) >= 11 is 3.42. The topological polar surface area (TPSA) is 66.9 Å². The van der Waals surface area contributed by atoms with E-state index in [1.165, 1.54) is 0 Å². The van der Waals surface area contributed by atoms with E-state index in [1.54, 1.807) is 12.5 Å². The normalized spacial score (nSPS) is 13.9. The van der Waals surface area contributed by atoms with Crippen molar-refractivity contribution in [1.82, 2.24) is 9.97 Å². The molecule has 0 aromatic carbocycles. The molecule has 0 bridgehead atoms. The van der Waals surface area contributed by atoms with Gasteiger partial charge < -0.3 is 10.6 Å². The summed E-state index contributed by atoms with van der Waals surface area (Å²) in [4.78, 5) is 8.59. The van der Waals surface area contributed by atoms with Crippen molar-refractivity contribution in [2.45, 2.75) is 31.9 Å². The summed E-state index contributed by atoms with van der Waals surface area (Å²) in [5, 5.41) is 6.58. The van der Waals surface area contributed by atoms with Crippen LogP contribution in [0.15, 0.2) is 10.7 Å². The van der Waals surface area contributed by atoms with Gasteiger partial charge >= 0.3 is 0 Å². The molecule has 0 fully saturated rings. The van der Waals surface area contributed by atoms with E-state index in [0.29, 0.717) is 5.95 Å². The molecule has 1 heterocycles. The predicted octanol–water partition coefficient (Wildman–Crippen LogP) is 2.63. The van der Waals surface area contributed by atoms with Gasteiger partial charge in [0.2, 0.25) is 5.95 Å². The SMILES string of the molecule is CCCNc1ncc(Br)c(NCCC(C)S(C)=O)n1. The number of aromatic nitrogens is 2. The van der Waals surface area contributed by atoms with Gasteiger partial charge in [-0.05, 0) is 28.8 Å².